The van der Waals surface area contributed by atoms with Crippen molar-refractivity contribution >= 4 is 29.9 Å². The topological polar surface area (TPSA) is 74.7 Å². The normalized spacial score (nSPS) is 17.2. The van der Waals surface area contributed by atoms with Crippen molar-refractivity contribution in [2.75, 3.05) is 18.1 Å². The van der Waals surface area contributed by atoms with Gasteiger partial charge in [0, 0.05) is 28.9 Å². The first-order valence-electron chi connectivity index (χ1n) is 7.83. The Morgan fingerprint density at radius 2 is 1.95 bits per heavy atom. The highest BCUT2D eigenvalue weighted by atomic mass is 32.2. The number of hydrogen-bond acceptors (Lipinski definition) is 4. The van der Waals surface area contributed by atoms with Gasteiger partial charge in [0.2, 0.25) is 5.91 Å². The van der Waals surface area contributed by atoms with E-state index < -0.39 is 5.97 Å². The minimum atomic E-state index is -0.956. The summed E-state index contributed by atoms with van der Waals surface area (Å²) in [6.07, 6.45) is 4.85. The van der Waals surface area contributed by atoms with Crippen LogP contribution in [0.15, 0.2) is 0 Å². The summed E-state index contributed by atoms with van der Waals surface area (Å²) in [6, 6.07) is 0.0717. The van der Waals surface area contributed by atoms with Gasteiger partial charge in [-0.3, -0.25) is 9.59 Å². The Hall–Kier alpha value is -1.04. The molecule has 0 aromatic carbocycles. The van der Waals surface area contributed by atoms with Crippen molar-refractivity contribution in [3.8, 4) is 0 Å². The average Bonchev–Trinajstić information content (AvgIpc) is 2.97. The summed E-state index contributed by atoms with van der Waals surface area (Å²) in [5.41, 5.74) is -0.389. The second kappa shape index (κ2) is 8.56. The molecule has 0 aliphatic heterocycles. The largest absolute Gasteiger partial charge is 0.480 e. The van der Waals surface area contributed by atoms with Gasteiger partial charge in [0.05, 0.1) is 0 Å². The molecule has 1 aliphatic carbocycles. The zero-order valence-corrected chi connectivity index (χ0v) is 14.5. The number of carboxylic acid groups (broad SMARTS) is 1. The molecular weight excluding hydrogens is 302 g/mol. The van der Waals surface area contributed by atoms with Gasteiger partial charge >= 0.3 is 5.97 Å². The van der Waals surface area contributed by atoms with Gasteiger partial charge in [0.15, 0.2) is 0 Å². The molecule has 0 spiro atoms. The maximum atomic E-state index is 12.6. The lowest BCUT2D eigenvalue weighted by molar-refractivity contribution is -0.147. The second-order valence-electron chi connectivity index (χ2n) is 6.82. The predicted octanol–water partition coefficient (Wildman–Crippen LogP) is 2.44. The zero-order chi connectivity index (χ0) is 16.8. The number of hydrogen-bond donors (Lipinski definition) is 1. The Balaban J connectivity index is 2.56. The van der Waals surface area contributed by atoms with E-state index in [2.05, 4.69) is 0 Å². The highest BCUT2D eigenvalue weighted by molar-refractivity contribution is 7.99. The number of carboxylic acids is 1. The number of carbonyl (C=O) groups is 3. The van der Waals surface area contributed by atoms with Gasteiger partial charge in [0.25, 0.3) is 0 Å². The number of rotatable bonds is 9. The van der Waals surface area contributed by atoms with Crippen molar-refractivity contribution in [1.82, 2.24) is 4.90 Å². The standard InChI is InChI=1S/C16H27NO4S/c1-12(9-22-11-16(2,3)10-18)15(21)17(8-14(19)20)13-6-4-5-7-13/h10,12-13H,4-9,11H2,1-3H3,(H,19,20). The molecule has 1 unspecified atom stereocenters. The molecule has 0 aromatic heterocycles. The van der Waals surface area contributed by atoms with E-state index in [-0.39, 0.29) is 29.8 Å². The van der Waals surface area contributed by atoms with Crippen LogP contribution in [0.1, 0.15) is 46.5 Å². The lowest BCUT2D eigenvalue weighted by Gasteiger charge is -2.30. The summed E-state index contributed by atoms with van der Waals surface area (Å²) in [6.45, 7) is 5.37. The summed E-state index contributed by atoms with van der Waals surface area (Å²) in [5.74, 6) is 0.00963. The number of aldehydes is 1. The van der Waals surface area contributed by atoms with Crippen LogP contribution in [-0.4, -0.2) is 52.3 Å². The van der Waals surface area contributed by atoms with Crippen LogP contribution in [0.4, 0.5) is 0 Å². The summed E-state index contributed by atoms with van der Waals surface area (Å²) < 4.78 is 0. The Bertz CT molecular complexity index is 405. The molecule has 1 amide bonds. The van der Waals surface area contributed by atoms with Gasteiger partial charge in [-0.1, -0.05) is 33.6 Å². The molecule has 6 heteroatoms. The molecule has 1 atom stereocenters. The molecule has 0 bridgehead atoms. The van der Waals surface area contributed by atoms with E-state index >= 15 is 0 Å². The highest BCUT2D eigenvalue weighted by Crippen LogP contribution is 2.26. The van der Waals surface area contributed by atoms with E-state index in [9.17, 15) is 14.4 Å². The molecule has 5 nitrogen and oxygen atoms in total. The third-order valence-corrected chi connectivity index (χ3v) is 5.62. The molecule has 1 fully saturated rings. The van der Waals surface area contributed by atoms with E-state index in [4.69, 9.17) is 5.11 Å². The van der Waals surface area contributed by atoms with Crippen molar-refractivity contribution in [1.29, 1.82) is 0 Å². The van der Waals surface area contributed by atoms with Crippen LogP contribution in [-0.2, 0) is 14.4 Å². The number of carbonyl (C=O) groups excluding carboxylic acids is 2. The van der Waals surface area contributed by atoms with Gasteiger partial charge in [-0.05, 0) is 12.8 Å². The quantitative estimate of drug-likeness (QED) is 0.658. The van der Waals surface area contributed by atoms with Crippen molar-refractivity contribution in [3.05, 3.63) is 0 Å². The van der Waals surface area contributed by atoms with Crippen LogP contribution in [0.25, 0.3) is 0 Å². The van der Waals surface area contributed by atoms with E-state index in [1.54, 1.807) is 16.7 Å². The molecule has 1 rings (SSSR count). The van der Waals surface area contributed by atoms with Crippen molar-refractivity contribution < 1.29 is 19.5 Å². The fourth-order valence-electron chi connectivity index (χ4n) is 2.64. The lowest BCUT2D eigenvalue weighted by atomic mass is 10.00. The molecule has 22 heavy (non-hydrogen) atoms. The predicted molar refractivity (Wildman–Crippen MR) is 87.9 cm³/mol. The minimum absolute atomic E-state index is 0.0717. The lowest BCUT2D eigenvalue weighted by Crippen LogP contribution is -2.45. The molecule has 0 heterocycles. The van der Waals surface area contributed by atoms with Gasteiger partial charge in [-0.2, -0.15) is 11.8 Å². The molecule has 0 radical (unpaired) electrons. The summed E-state index contributed by atoms with van der Waals surface area (Å²) in [7, 11) is 0. The molecule has 1 saturated carbocycles. The van der Waals surface area contributed by atoms with Crippen molar-refractivity contribution in [2.24, 2.45) is 11.3 Å². The molecule has 1 aliphatic rings. The number of amides is 1. The maximum Gasteiger partial charge on any atom is 0.323 e. The summed E-state index contributed by atoms with van der Waals surface area (Å²) in [4.78, 5) is 36.0. The summed E-state index contributed by atoms with van der Waals surface area (Å²) in [5, 5.41) is 9.05. The maximum absolute atomic E-state index is 12.6. The Kier molecular flexibility index (Phi) is 7.39. The van der Waals surface area contributed by atoms with E-state index in [0.29, 0.717) is 11.5 Å². The van der Waals surface area contributed by atoms with Crippen LogP contribution in [0.2, 0.25) is 0 Å². The monoisotopic (exact) mass is 329 g/mol. The van der Waals surface area contributed by atoms with Gasteiger partial charge < -0.3 is 14.8 Å². The van der Waals surface area contributed by atoms with E-state index in [1.807, 2.05) is 20.8 Å². The van der Waals surface area contributed by atoms with Crippen LogP contribution >= 0.6 is 11.8 Å². The molecule has 0 aromatic rings. The fourth-order valence-corrected chi connectivity index (χ4v) is 3.84. The molecular formula is C16H27NO4S. The number of thioether (sulfide) groups is 1. The van der Waals surface area contributed by atoms with Gasteiger partial charge in [0.1, 0.15) is 12.8 Å². The molecule has 0 saturated heterocycles. The zero-order valence-electron chi connectivity index (χ0n) is 13.7. The first-order chi connectivity index (χ1) is 10.3. The average molecular weight is 329 g/mol. The highest BCUT2D eigenvalue weighted by Gasteiger charge is 2.31. The fraction of sp³-hybridized carbons (Fsp3) is 0.812. The second-order valence-corrected chi connectivity index (χ2v) is 7.85. The first-order valence-corrected chi connectivity index (χ1v) is 8.98. The van der Waals surface area contributed by atoms with Crippen LogP contribution in [0, 0.1) is 11.3 Å². The van der Waals surface area contributed by atoms with Gasteiger partial charge in [-0.25, -0.2) is 0 Å². The Labute approximate surface area is 136 Å². The van der Waals surface area contributed by atoms with Crippen LogP contribution in [0.5, 0.6) is 0 Å². The molecule has 1 N–H and O–H groups in total. The Morgan fingerprint density at radius 1 is 1.36 bits per heavy atom. The Morgan fingerprint density at radius 3 is 2.45 bits per heavy atom. The third-order valence-electron chi connectivity index (χ3n) is 3.94. The van der Waals surface area contributed by atoms with Crippen molar-refractivity contribution in [3.63, 3.8) is 0 Å². The number of aliphatic carboxylic acids is 1. The van der Waals surface area contributed by atoms with Crippen LogP contribution < -0.4 is 0 Å². The minimum Gasteiger partial charge on any atom is -0.480 e. The molecule has 126 valence electrons. The third kappa shape index (κ3) is 5.99. The van der Waals surface area contributed by atoms with E-state index in [1.165, 1.54) is 0 Å². The first kappa shape index (κ1) is 19.0. The summed E-state index contributed by atoms with van der Waals surface area (Å²) >= 11 is 1.57. The smallest absolute Gasteiger partial charge is 0.323 e. The van der Waals surface area contributed by atoms with Crippen LogP contribution in [0.3, 0.4) is 0 Å². The number of nitrogens with zero attached hydrogens (tertiary/aromatic N) is 1. The van der Waals surface area contributed by atoms with Gasteiger partial charge in [-0.15, -0.1) is 0 Å². The SMILES string of the molecule is CC(CSCC(C)(C)C=O)C(=O)N(CC(=O)O)C1CCCC1. The van der Waals surface area contributed by atoms with Crippen molar-refractivity contribution in [2.45, 2.75) is 52.5 Å². The van der Waals surface area contributed by atoms with E-state index in [0.717, 1.165) is 32.0 Å².